The van der Waals surface area contributed by atoms with Gasteiger partial charge in [-0.05, 0) is 17.7 Å². The summed E-state index contributed by atoms with van der Waals surface area (Å²) in [7, 11) is 1.88. The third-order valence-corrected chi connectivity index (χ3v) is 2.13. The van der Waals surface area contributed by atoms with Gasteiger partial charge in [0.2, 0.25) is 0 Å². The zero-order chi connectivity index (χ0) is 9.80. The van der Waals surface area contributed by atoms with Crippen molar-refractivity contribution in [2.45, 2.75) is 0 Å². The molecule has 0 aliphatic heterocycles. The molecule has 0 aliphatic carbocycles. The third-order valence-electron chi connectivity index (χ3n) is 2.13. The normalized spacial score (nSPS) is 9.79. The highest BCUT2D eigenvalue weighted by Gasteiger charge is 2.02. The minimum absolute atomic E-state index is 0.915. The Bertz CT molecular complexity index is 410. The average Bonchev–Trinajstić information content (AvgIpc) is 2.30. The van der Waals surface area contributed by atoms with Crippen molar-refractivity contribution in [3.05, 3.63) is 48.7 Å². The maximum atomic E-state index is 4.26. The van der Waals surface area contributed by atoms with Crippen LogP contribution in [0.2, 0.25) is 0 Å². The Kier molecular flexibility index (Phi) is 2.45. The minimum Gasteiger partial charge on any atom is -0.373 e. The van der Waals surface area contributed by atoms with Crippen LogP contribution in [0, 0.1) is 0 Å². The molecular weight excluding hydrogens is 172 g/mol. The fraction of sp³-hybridized carbons (Fsp3) is 0.0833. The van der Waals surface area contributed by atoms with Crippen molar-refractivity contribution in [2.75, 3.05) is 12.4 Å². The van der Waals surface area contributed by atoms with Gasteiger partial charge in [-0.1, -0.05) is 30.3 Å². The maximum absolute atomic E-state index is 4.26. The van der Waals surface area contributed by atoms with Crippen LogP contribution in [0.4, 0.5) is 5.82 Å². The number of hydrogen-bond donors (Lipinski definition) is 1. The lowest BCUT2D eigenvalue weighted by molar-refractivity contribution is 1.29. The second kappa shape index (κ2) is 3.92. The molecular formula is C12H12N2. The third kappa shape index (κ3) is 1.59. The van der Waals surface area contributed by atoms with Gasteiger partial charge in [-0.15, -0.1) is 0 Å². The first kappa shape index (κ1) is 8.75. The molecule has 0 atom stereocenters. The fourth-order valence-electron chi connectivity index (χ4n) is 1.46. The van der Waals surface area contributed by atoms with E-state index in [4.69, 9.17) is 0 Å². The first-order valence-corrected chi connectivity index (χ1v) is 4.60. The van der Waals surface area contributed by atoms with Crippen molar-refractivity contribution in [1.29, 1.82) is 0 Å². The SMILES string of the molecule is CNc1ncccc1-c1ccccc1. The van der Waals surface area contributed by atoms with Gasteiger partial charge in [0.25, 0.3) is 0 Å². The molecule has 2 aromatic rings. The van der Waals surface area contributed by atoms with Crippen molar-refractivity contribution in [1.82, 2.24) is 4.98 Å². The first-order valence-electron chi connectivity index (χ1n) is 4.60. The molecule has 1 aromatic carbocycles. The van der Waals surface area contributed by atoms with Crippen LogP contribution in [0.1, 0.15) is 0 Å². The van der Waals surface area contributed by atoms with Crippen LogP contribution in [-0.2, 0) is 0 Å². The van der Waals surface area contributed by atoms with Crippen molar-refractivity contribution >= 4 is 5.82 Å². The first-order chi connectivity index (χ1) is 6.92. The summed E-state index contributed by atoms with van der Waals surface area (Å²) in [5.41, 5.74) is 2.32. The number of aromatic nitrogens is 1. The van der Waals surface area contributed by atoms with E-state index in [0.29, 0.717) is 0 Å². The van der Waals surface area contributed by atoms with Crippen molar-refractivity contribution in [3.8, 4) is 11.1 Å². The number of nitrogens with zero attached hydrogens (tertiary/aromatic N) is 1. The lowest BCUT2D eigenvalue weighted by Crippen LogP contribution is -1.94. The zero-order valence-electron chi connectivity index (χ0n) is 8.07. The topological polar surface area (TPSA) is 24.9 Å². The molecule has 1 heterocycles. The minimum atomic E-state index is 0.915. The van der Waals surface area contributed by atoms with Gasteiger partial charge in [0.15, 0.2) is 0 Å². The van der Waals surface area contributed by atoms with Crippen LogP contribution in [0.25, 0.3) is 11.1 Å². The summed E-state index contributed by atoms with van der Waals surface area (Å²) >= 11 is 0. The molecule has 0 fully saturated rings. The Hall–Kier alpha value is -1.83. The predicted molar refractivity (Wildman–Crippen MR) is 59.2 cm³/mol. The van der Waals surface area contributed by atoms with Gasteiger partial charge in [0.05, 0.1) is 0 Å². The smallest absolute Gasteiger partial charge is 0.133 e. The van der Waals surface area contributed by atoms with E-state index < -0.39 is 0 Å². The van der Waals surface area contributed by atoms with Crippen LogP contribution >= 0.6 is 0 Å². The van der Waals surface area contributed by atoms with Gasteiger partial charge in [-0.3, -0.25) is 0 Å². The standard InChI is InChI=1S/C12H12N2/c1-13-12-11(8-5-9-14-12)10-6-3-2-4-7-10/h2-9H,1H3,(H,13,14). The van der Waals surface area contributed by atoms with Crippen molar-refractivity contribution in [3.63, 3.8) is 0 Å². The Morgan fingerprint density at radius 3 is 2.50 bits per heavy atom. The molecule has 0 aliphatic rings. The second-order valence-electron chi connectivity index (χ2n) is 3.02. The van der Waals surface area contributed by atoms with Gasteiger partial charge >= 0.3 is 0 Å². The summed E-state index contributed by atoms with van der Waals surface area (Å²) in [6.07, 6.45) is 1.79. The van der Waals surface area contributed by atoms with Crippen LogP contribution in [0.5, 0.6) is 0 Å². The Morgan fingerprint density at radius 1 is 1.00 bits per heavy atom. The molecule has 0 unspecified atom stereocenters. The van der Waals surface area contributed by atoms with Gasteiger partial charge < -0.3 is 5.32 Å². The van der Waals surface area contributed by atoms with E-state index in [1.807, 2.05) is 31.3 Å². The van der Waals surface area contributed by atoms with E-state index in [1.54, 1.807) is 6.20 Å². The highest BCUT2D eigenvalue weighted by molar-refractivity contribution is 5.74. The van der Waals surface area contributed by atoms with E-state index >= 15 is 0 Å². The molecule has 1 N–H and O–H groups in total. The van der Waals surface area contributed by atoms with Gasteiger partial charge in [-0.2, -0.15) is 0 Å². The predicted octanol–water partition coefficient (Wildman–Crippen LogP) is 2.79. The lowest BCUT2D eigenvalue weighted by Gasteiger charge is -2.06. The van der Waals surface area contributed by atoms with E-state index in [-0.39, 0.29) is 0 Å². The largest absolute Gasteiger partial charge is 0.373 e. The summed E-state index contributed by atoms with van der Waals surface area (Å²) in [4.78, 5) is 4.26. The van der Waals surface area contributed by atoms with E-state index in [0.717, 1.165) is 11.4 Å². The molecule has 14 heavy (non-hydrogen) atoms. The van der Waals surface area contributed by atoms with Gasteiger partial charge in [-0.25, -0.2) is 4.98 Å². The molecule has 2 nitrogen and oxygen atoms in total. The quantitative estimate of drug-likeness (QED) is 0.776. The molecule has 2 rings (SSSR count). The number of nitrogens with one attached hydrogen (secondary N) is 1. The van der Waals surface area contributed by atoms with E-state index in [9.17, 15) is 0 Å². The Balaban J connectivity index is 2.51. The highest BCUT2D eigenvalue weighted by Crippen LogP contribution is 2.24. The van der Waals surface area contributed by atoms with E-state index in [1.165, 1.54) is 5.56 Å². The van der Waals surface area contributed by atoms with Crippen molar-refractivity contribution < 1.29 is 0 Å². The molecule has 1 aromatic heterocycles. The van der Waals surface area contributed by atoms with Crippen LogP contribution < -0.4 is 5.32 Å². The second-order valence-corrected chi connectivity index (χ2v) is 3.02. The molecule has 0 saturated carbocycles. The van der Waals surface area contributed by atoms with Crippen molar-refractivity contribution in [2.24, 2.45) is 0 Å². The number of anilines is 1. The number of hydrogen-bond acceptors (Lipinski definition) is 2. The van der Waals surface area contributed by atoms with E-state index in [2.05, 4.69) is 28.5 Å². The number of rotatable bonds is 2. The lowest BCUT2D eigenvalue weighted by atomic mass is 10.1. The summed E-state index contributed by atoms with van der Waals surface area (Å²) in [6, 6.07) is 14.2. The molecule has 2 heteroatoms. The summed E-state index contributed by atoms with van der Waals surface area (Å²) < 4.78 is 0. The number of benzene rings is 1. The molecule has 0 spiro atoms. The molecule has 70 valence electrons. The zero-order valence-corrected chi connectivity index (χ0v) is 8.07. The maximum Gasteiger partial charge on any atom is 0.133 e. The van der Waals surface area contributed by atoms with Crippen LogP contribution in [0.3, 0.4) is 0 Å². The monoisotopic (exact) mass is 184 g/mol. The van der Waals surface area contributed by atoms with Gasteiger partial charge in [0, 0.05) is 18.8 Å². The number of pyridine rings is 1. The molecule has 0 saturated heterocycles. The van der Waals surface area contributed by atoms with Gasteiger partial charge in [0.1, 0.15) is 5.82 Å². The summed E-state index contributed by atoms with van der Waals surface area (Å²) in [5, 5.41) is 3.08. The molecule has 0 bridgehead atoms. The molecule has 0 radical (unpaired) electrons. The average molecular weight is 184 g/mol. The summed E-state index contributed by atoms with van der Waals surface area (Å²) in [5.74, 6) is 0.915. The Labute approximate surface area is 83.6 Å². The summed E-state index contributed by atoms with van der Waals surface area (Å²) in [6.45, 7) is 0. The van der Waals surface area contributed by atoms with Crippen LogP contribution in [-0.4, -0.2) is 12.0 Å². The molecule has 0 amide bonds. The Morgan fingerprint density at radius 2 is 1.79 bits per heavy atom. The van der Waals surface area contributed by atoms with Crippen LogP contribution in [0.15, 0.2) is 48.7 Å². The highest BCUT2D eigenvalue weighted by atomic mass is 15.0. The fourth-order valence-corrected chi connectivity index (χ4v) is 1.46.